The maximum absolute atomic E-state index is 11.3. The zero-order valence-electron chi connectivity index (χ0n) is 9.93. The fourth-order valence-electron chi connectivity index (χ4n) is 1.31. The predicted octanol–water partition coefficient (Wildman–Crippen LogP) is 3.91. The van der Waals surface area contributed by atoms with Crippen LogP contribution in [0.1, 0.15) is 58.8 Å². The van der Waals surface area contributed by atoms with E-state index in [9.17, 15) is 4.79 Å². The lowest BCUT2D eigenvalue weighted by molar-refractivity contribution is -0.143. The summed E-state index contributed by atoms with van der Waals surface area (Å²) in [5.41, 5.74) is 0. The van der Waals surface area contributed by atoms with Gasteiger partial charge in [-0.1, -0.05) is 46.0 Å². The minimum absolute atomic E-state index is 0.246. The first kappa shape index (κ1) is 14.8. The summed E-state index contributed by atoms with van der Waals surface area (Å²) in [6.07, 6.45) is 7.22. The molecule has 0 bridgehead atoms. The molecule has 1 atom stereocenters. The van der Waals surface area contributed by atoms with E-state index in [4.69, 9.17) is 16.3 Å². The lowest BCUT2D eigenvalue weighted by Gasteiger charge is -2.09. The molecule has 0 aliphatic carbocycles. The van der Waals surface area contributed by atoms with Crippen molar-refractivity contribution in [3.05, 3.63) is 0 Å². The molecule has 0 fully saturated rings. The quantitative estimate of drug-likeness (QED) is 0.344. The Morgan fingerprint density at radius 2 is 1.73 bits per heavy atom. The molecule has 0 aromatic heterocycles. The third-order valence-corrected chi connectivity index (χ3v) is 2.71. The summed E-state index contributed by atoms with van der Waals surface area (Å²) in [6.45, 7) is 4.77. The molecule has 0 aromatic rings. The molecule has 90 valence electrons. The average molecular weight is 235 g/mol. The first-order valence-corrected chi connectivity index (χ1v) is 6.46. The van der Waals surface area contributed by atoms with Crippen molar-refractivity contribution in [2.75, 3.05) is 6.61 Å². The number of unbranched alkanes of at least 4 members (excludes halogenated alkanes) is 4. The van der Waals surface area contributed by atoms with E-state index < -0.39 is 5.38 Å². The van der Waals surface area contributed by atoms with Crippen LogP contribution in [0.25, 0.3) is 0 Å². The molecular weight excluding hydrogens is 212 g/mol. The molecule has 3 heteroatoms. The largest absolute Gasteiger partial charge is 0.465 e. The van der Waals surface area contributed by atoms with Gasteiger partial charge >= 0.3 is 5.97 Å². The topological polar surface area (TPSA) is 26.3 Å². The lowest BCUT2D eigenvalue weighted by Crippen LogP contribution is -2.18. The number of alkyl halides is 1. The first-order chi connectivity index (χ1) is 7.22. The van der Waals surface area contributed by atoms with Crippen molar-refractivity contribution in [3.8, 4) is 0 Å². The average Bonchev–Trinajstić information content (AvgIpc) is 2.24. The van der Waals surface area contributed by atoms with E-state index in [1.54, 1.807) is 0 Å². The first-order valence-electron chi connectivity index (χ1n) is 6.03. The van der Waals surface area contributed by atoms with Crippen molar-refractivity contribution in [2.45, 2.75) is 64.2 Å². The summed E-state index contributed by atoms with van der Waals surface area (Å²) < 4.78 is 5.07. The van der Waals surface area contributed by atoms with Gasteiger partial charge in [-0.15, -0.1) is 11.6 Å². The smallest absolute Gasteiger partial charge is 0.324 e. The van der Waals surface area contributed by atoms with E-state index in [1.165, 1.54) is 0 Å². The van der Waals surface area contributed by atoms with Crippen molar-refractivity contribution >= 4 is 17.6 Å². The zero-order valence-corrected chi connectivity index (χ0v) is 10.7. The van der Waals surface area contributed by atoms with Gasteiger partial charge in [-0.25, -0.2) is 0 Å². The molecule has 0 heterocycles. The van der Waals surface area contributed by atoms with Crippen LogP contribution >= 0.6 is 11.6 Å². The standard InChI is InChI=1S/C12H23ClO2/c1-3-5-7-9-11(13)12(14)15-10-8-6-4-2/h11H,3-10H2,1-2H3. The van der Waals surface area contributed by atoms with Gasteiger partial charge in [0.15, 0.2) is 0 Å². The summed E-state index contributed by atoms with van der Waals surface area (Å²) >= 11 is 5.91. The molecular formula is C12H23ClO2. The third kappa shape index (κ3) is 8.73. The van der Waals surface area contributed by atoms with Crippen LogP contribution in [0.3, 0.4) is 0 Å². The summed E-state index contributed by atoms with van der Waals surface area (Å²) in [6, 6.07) is 0. The van der Waals surface area contributed by atoms with Gasteiger partial charge < -0.3 is 4.74 Å². The van der Waals surface area contributed by atoms with Crippen LogP contribution < -0.4 is 0 Å². The van der Waals surface area contributed by atoms with E-state index >= 15 is 0 Å². The minimum Gasteiger partial charge on any atom is -0.465 e. The predicted molar refractivity (Wildman–Crippen MR) is 64.3 cm³/mol. The Balaban J connectivity index is 3.42. The van der Waals surface area contributed by atoms with Crippen LogP contribution in [0.2, 0.25) is 0 Å². The number of hydrogen-bond donors (Lipinski definition) is 0. The maximum atomic E-state index is 11.3. The highest BCUT2D eigenvalue weighted by molar-refractivity contribution is 6.29. The van der Waals surface area contributed by atoms with E-state index in [1.807, 2.05) is 0 Å². The number of ether oxygens (including phenoxy) is 1. The van der Waals surface area contributed by atoms with Crippen LogP contribution in [0, 0.1) is 0 Å². The van der Waals surface area contributed by atoms with E-state index in [0.29, 0.717) is 6.61 Å². The van der Waals surface area contributed by atoms with Crippen LogP contribution in [-0.4, -0.2) is 18.0 Å². The fraction of sp³-hybridized carbons (Fsp3) is 0.917. The highest BCUT2D eigenvalue weighted by Crippen LogP contribution is 2.11. The molecule has 0 rings (SSSR count). The highest BCUT2D eigenvalue weighted by atomic mass is 35.5. The second kappa shape index (κ2) is 10.3. The molecule has 0 radical (unpaired) electrons. The number of rotatable bonds is 9. The SMILES string of the molecule is CCCCCOC(=O)C(Cl)CCCCC. The second-order valence-electron chi connectivity index (χ2n) is 3.84. The van der Waals surface area contributed by atoms with Crippen LogP contribution in [0.5, 0.6) is 0 Å². The zero-order chi connectivity index (χ0) is 11.5. The molecule has 0 aliphatic heterocycles. The second-order valence-corrected chi connectivity index (χ2v) is 4.36. The lowest BCUT2D eigenvalue weighted by atomic mass is 10.1. The van der Waals surface area contributed by atoms with Gasteiger partial charge in [0.25, 0.3) is 0 Å². The number of esters is 1. The van der Waals surface area contributed by atoms with Gasteiger partial charge in [0.1, 0.15) is 5.38 Å². The van der Waals surface area contributed by atoms with Crippen molar-refractivity contribution in [1.82, 2.24) is 0 Å². The molecule has 0 N–H and O–H groups in total. The monoisotopic (exact) mass is 234 g/mol. The van der Waals surface area contributed by atoms with Gasteiger partial charge in [-0.3, -0.25) is 4.79 Å². The van der Waals surface area contributed by atoms with E-state index in [2.05, 4.69) is 13.8 Å². The van der Waals surface area contributed by atoms with E-state index in [0.717, 1.165) is 44.9 Å². The molecule has 0 amide bonds. The van der Waals surface area contributed by atoms with Crippen molar-refractivity contribution in [3.63, 3.8) is 0 Å². The Hall–Kier alpha value is -0.240. The highest BCUT2D eigenvalue weighted by Gasteiger charge is 2.15. The van der Waals surface area contributed by atoms with Gasteiger partial charge in [-0.2, -0.15) is 0 Å². The summed E-state index contributed by atoms with van der Waals surface area (Å²) in [4.78, 5) is 11.3. The van der Waals surface area contributed by atoms with Gasteiger partial charge in [0, 0.05) is 0 Å². The number of halogens is 1. The Kier molecular flexibility index (Phi) is 10.1. The molecule has 0 spiro atoms. The summed E-state index contributed by atoms with van der Waals surface area (Å²) in [7, 11) is 0. The maximum Gasteiger partial charge on any atom is 0.324 e. The number of hydrogen-bond acceptors (Lipinski definition) is 2. The van der Waals surface area contributed by atoms with Crippen LogP contribution in [0.15, 0.2) is 0 Å². The van der Waals surface area contributed by atoms with E-state index in [-0.39, 0.29) is 5.97 Å². The molecule has 15 heavy (non-hydrogen) atoms. The Labute approximate surface area is 98.3 Å². The van der Waals surface area contributed by atoms with Gasteiger partial charge in [-0.05, 0) is 12.8 Å². The Morgan fingerprint density at radius 1 is 1.13 bits per heavy atom. The number of carbonyl (C=O) groups is 1. The van der Waals surface area contributed by atoms with Gasteiger partial charge in [0.2, 0.25) is 0 Å². The molecule has 0 saturated heterocycles. The molecule has 0 saturated carbocycles. The molecule has 0 aliphatic rings. The Bertz CT molecular complexity index is 160. The van der Waals surface area contributed by atoms with Crippen LogP contribution in [-0.2, 0) is 9.53 Å². The van der Waals surface area contributed by atoms with Crippen LogP contribution in [0.4, 0.5) is 0 Å². The number of carbonyl (C=O) groups excluding carboxylic acids is 1. The summed E-state index contributed by atoms with van der Waals surface area (Å²) in [5, 5.41) is -0.446. The minimum atomic E-state index is -0.446. The van der Waals surface area contributed by atoms with Crippen molar-refractivity contribution < 1.29 is 9.53 Å². The van der Waals surface area contributed by atoms with Crippen molar-refractivity contribution in [1.29, 1.82) is 0 Å². The normalized spacial score (nSPS) is 12.5. The molecule has 2 nitrogen and oxygen atoms in total. The molecule has 1 unspecified atom stereocenters. The van der Waals surface area contributed by atoms with Crippen molar-refractivity contribution in [2.24, 2.45) is 0 Å². The molecule has 0 aromatic carbocycles. The third-order valence-electron chi connectivity index (χ3n) is 2.31. The summed E-state index contributed by atoms with van der Waals surface area (Å²) in [5.74, 6) is -0.246. The fourth-order valence-corrected chi connectivity index (χ4v) is 1.52. The van der Waals surface area contributed by atoms with Gasteiger partial charge in [0.05, 0.1) is 6.61 Å². The Morgan fingerprint density at radius 3 is 2.33 bits per heavy atom.